The van der Waals surface area contributed by atoms with Crippen LogP contribution >= 0.6 is 0 Å². The van der Waals surface area contributed by atoms with Gasteiger partial charge in [-0.2, -0.15) is 22.0 Å². The van der Waals surface area contributed by atoms with Crippen molar-refractivity contribution in [3.8, 4) is 16.9 Å². The first-order chi connectivity index (χ1) is 19.1. The molecule has 0 fully saturated rings. The zero-order valence-electron chi connectivity index (χ0n) is 20.5. The van der Waals surface area contributed by atoms with Gasteiger partial charge in [-0.05, 0) is 22.8 Å². The topological polar surface area (TPSA) is 156 Å². The highest BCUT2D eigenvalue weighted by Gasteiger charge is 2.58. The number of halogens is 5. The maximum atomic E-state index is 13.3. The summed E-state index contributed by atoms with van der Waals surface area (Å²) < 4.78 is 68.4. The van der Waals surface area contributed by atoms with Crippen LogP contribution in [0.3, 0.4) is 0 Å². The van der Waals surface area contributed by atoms with Crippen molar-refractivity contribution in [2.24, 2.45) is 0 Å². The number of nitrogens with zero attached hydrogens (tertiary/aromatic N) is 1. The van der Waals surface area contributed by atoms with E-state index in [-0.39, 0.29) is 5.56 Å². The van der Waals surface area contributed by atoms with Gasteiger partial charge in [0.1, 0.15) is 0 Å². The number of hydrogen-bond acceptors (Lipinski definition) is 6. The number of carbonyl (C=O) groups is 3. The second-order valence-electron chi connectivity index (χ2n) is 8.64. The molecule has 0 atom stereocenters. The minimum absolute atomic E-state index is 0.178. The monoisotopic (exact) mass is 582 g/mol. The first-order valence-corrected chi connectivity index (χ1v) is 11.4. The Balaban J connectivity index is 1.91. The molecule has 0 heterocycles. The van der Waals surface area contributed by atoms with Gasteiger partial charge in [-0.1, -0.05) is 54.6 Å². The Labute approximate surface area is 227 Å². The number of benzene rings is 3. The third-order valence-corrected chi connectivity index (χ3v) is 5.83. The molecule has 15 heteroatoms. The number of rotatable bonds is 11. The molecule has 0 spiro atoms. The molecule has 0 unspecified atom stereocenters. The first kappa shape index (κ1) is 30.5. The largest absolute Gasteiger partial charge is 0.480 e. The van der Waals surface area contributed by atoms with Crippen molar-refractivity contribution in [2.45, 2.75) is 24.1 Å². The summed E-state index contributed by atoms with van der Waals surface area (Å²) in [6, 6.07) is 16.7. The van der Waals surface area contributed by atoms with Crippen molar-refractivity contribution < 1.29 is 56.2 Å². The van der Waals surface area contributed by atoms with E-state index in [4.69, 9.17) is 0 Å². The molecule has 0 aliphatic heterocycles. The van der Waals surface area contributed by atoms with Crippen LogP contribution < -0.4 is 10.1 Å². The molecule has 0 radical (unpaired) electrons. The van der Waals surface area contributed by atoms with E-state index < -0.39 is 70.4 Å². The van der Waals surface area contributed by atoms with E-state index in [1.807, 2.05) is 5.32 Å². The predicted molar refractivity (Wildman–Crippen MR) is 131 cm³/mol. The van der Waals surface area contributed by atoms with Crippen molar-refractivity contribution in [3.63, 3.8) is 0 Å². The number of aliphatic carboxylic acids is 2. The van der Waals surface area contributed by atoms with Gasteiger partial charge >= 0.3 is 29.7 Å². The molecule has 3 aromatic rings. The number of carbonyl (C=O) groups excluding carboxylic acids is 1. The number of nitro benzene ring substituents is 1. The predicted octanol–water partition coefficient (Wildman–Crippen LogP) is 4.72. The molecular weight excluding hydrogens is 563 g/mol. The molecule has 216 valence electrons. The SMILES string of the molecule is O=C(NC(Cc1ccc(-c2ccccc2)cc1)(C(=O)O)C(=O)O)c1ccc([N+](=O)[O-])c(OCC(F)(F)C(F)(F)F)c1. The summed E-state index contributed by atoms with van der Waals surface area (Å²) in [5.74, 6) is -12.0. The second-order valence-corrected chi connectivity index (χ2v) is 8.64. The number of amides is 1. The zero-order valence-corrected chi connectivity index (χ0v) is 20.5. The number of hydrogen-bond donors (Lipinski definition) is 3. The Kier molecular flexibility index (Phi) is 8.60. The van der Waals surface area contributed by atoms with Crippen LogP contribution in [0.4, 0.5) is 27.6 Å². The third kappa shape index (κ3) is 6.74. The molecule has 41 heavy (non-hydrogen) atoms. The molecular formula is C26H19F5N2O8. The highest BCUT2D eigenvalue weighted by Crippen LogP contribution is 2.37. The Morgan fingerprint density at radius 2 is 1.41 bits per heavy atom. The molecule has 0 aliphatic rings. The Morgan fingerprint density at radius 3 is 1.93 bits per heavy atom. The second kappa shape index (κ2) is 11.6. The van der Waals surface area contributed by atoms with Crippen LogP contribution in [0.25, 0.3) is 11.1 Å². The average Bonchev–Trinajstić information content (AvgIpc) is 2.91. The van der Waals surface area contributed by atoms with Crippen LogP contribution in [0.1, 0.15) is 15.9 Å². The van der Waals surface area contributed by atoms with Gasteiger partial charge in [0.05, 0.1) is 4.92 Å². The summed E-state index contributed by atoms with van der Waals surface area (Å²) in [6.45, 7) is -2.37. The highest BCUT2D eigenvalue weighted by molar-refractivity contribution is 6.09. The van der Waals surface area contributed by atoms with Crippen LogP contribution in [0, 0.1) is 10.1 Å². The molecule has 3 rings (SSSR count). The van der Waals surface area contributed by atoms with E-state index in [1.165, 1.54) is 12.1 Å². The molecule has 3 aromatic carbocycles. The van der Waals surface area contributed by atoms with E-state index in [0.717, 1.165) is 11.1 Å². The van der Waals surface area contributed by atoms with Gasteiger partial charge in [-0.25, -0.2) is 9.59 Å². The number of carboxylic acids is 2. The minimum atomic E-state index is -6.04. The van der Waals surface area contributed by atoms with Gasteiger partial charge in [0.2, 0.25) is 5.54 Å². The third-order valence-electron chi connectivity index (χ3n) is 5.83. The summed E-state index contributed by atoms with van der Waals surface area (Å²) in [5, 5.41) is 32.6. The Bertz CT molecular complexity index is 1450. The van der Waals surface area contributed by atoms with Crippen LogP contribution in [0.2, 0.25) is 0 Å². The number of carboxylic acid groups (broad SMARTS) is 2. The van der Waals surface area contributed by atoms with Gasteiger partial charge in [-0.3, -0.25) is 14.9 Å². The van der Waals surface area contributed by atoms with Gasteiger partial charge in [-0.15, -0.1) is 0 Å². The first-order valence-electron chi connectivity index (χ1n) is 11.4. The van der Waals surface area contributed by atoms with Crippen molar-refractivity contribution >= 4 is 23.5 Å². The van der Waals surface area contributed by atoms with Crippen molar-refractivity contribution in [3.05, 3.63) is 94.0 Å². The summed E-state index contributed by atoms with van der Waals surface area (Å²) in [7, 11) is 0. The summed E-state index contributed by atoms with van der Waals surface area (Å²) in [5.41, 5.74) is -3.05. The van der Waals surface area contributed by atoms with E-state index >= 15 is 0 Å². The van der Waals surface area contributed by atoms with Gasteiger partial charge in [0, 0.05) is 24.1 Å². The number of nitro groups is 1. The Hall–Kier alpha value is -5.08. The average molecular weight is 582 g/mol. The molecule has 0 aliphatic carbocycles. The van der Waals surface area contributed by atoms with E-state index in [2.05, 4.69) is 4.74 Å². The lowest BCUT2D eigenvalue weighted by atomic mass is 9.89. The lowest BCUT2D eigenvalue weighted by Crippen LogP contribution is -2.61. The molecule has 10 nitrogen and oxygen atoms in total. The van der Waals surface area contributed by atoms with Gasteiger partial charge in [0.15, 0.2) is 12.4 Å². The summed E-state index contributed by atoms with van der Waals surface area (Å²) >= 11 is 0. The van der Waals surface area contributed by atoms with E-state index in [1.54, 1.807) is 42.5 Å². The van der Waals surface area contributed by atoms with Crippen LogP contribution in [-0.2, 0) is 16.0 Å². The number of nitrogens with one attached hydrogen (secondary N) is 1. The smallest absolute Gasteiger partial charge is 0.456 e. The molecule has 1 amide bonds. The van der Waals surface area contributed by atoms with Crippen LogP contribution in [0.5, 0.6) is 5.75 Å². The minimum Gasteiger partial charge on any atom is -0.480 e. The molecule has 0 bridgehead atoms. The van der Waals surface area contributed by atoms with Crippen molar-refractivity contribution in [1.29, 1.82) is 0 Å². The zero-order chi connectivity index (χ0) is 30.6. The lowest BCUT2D eigenvalue weighted by Gasteiger charge is -2.26. The molecule has 0 saturated carbocycles. The maximum absolute atomic E-state index is 13.3. The molecule has 0 aromatic heterocycles. The van der Waals surface area contributed by atoms with Gasteiger partial charge < -0.3 is 20.3 Å². The number of ether oxygens (including phenoxy) is 1. The van der Waals surface area contributed by atoms with Crippen molar-refractivity contribution in [1.82, 2.24) is 5.32 Å². The van der Waals surface area contributed by atoms with Crippen LogP contribution in [0.15, 0.2) is 72.8 Å². The standard InChI is InChI=1S/C26H19F5N2O8/c27-25(28,26(29,30)31)14-41-20-12-18(10-11-19(20)33(39)40)21(34)32-24(22(35)36,23(37)38)13-15-6-8-17(9-7-15)16-4-2-1-3-5-16/h1-12H,13-14H2,(H,32,34)(H,35,36)(H,37,38). The van der Waals surface area contributed by atoms with Crippen LogP contribution in [-0.4, -0.2) is 57.2 Å². The summed E-state index contributed by atoms with van der Waals surface area (Å²) in [6.07, 6.45) is -6.81. The fraction of sp³-hybridized carbons (Fsp3) is 0.192. The molecule has 0 saturated heterocycles. The quantitative estimate of drug-likeness (QED) is 0.127. The summed E-state index contributed by atoms with van der Waals surface area (Å²) in [4.78, 5) is 47.2. The maximum Gasteiger partial charge on any atom is 0.456 e. The highest BCUT2D eigenvalue weighted by atomic mass is 19.4. The number of alkyl halides is 5. The fourth-order valence-corrected chi connectivity index (χ4v) is 3.58. The van der Waals surface area contributed by atoms with Gasteiger partial charge in [0.25, 0.3) is 5.91 Å². The Morgan fingerprint density at radius 1 is 0.854 bits per heavy atom. The normalized spacial score (nSPS) is 11.9. The van der Waals surface area contributed by atoms with Crippen molar-refractivity contribution in [2.75, 3.05) is 6.61 Å². The fourth-order valence-electron chi connectivity index (χ4n) is 3.58. The van der Waals surface area contributed by atoms with E-state index in [9.17, 15) is 56.7 Å². The molecule has 3 N–H and O–H groups in total. The van der Waals surface area contributed by atoms with E-state index in [0.29, 0.717) is 18.2 Å². The lowest BCUT2D eigenvalue weighted by molar-refractivity contribution is -0.386.